The molecule has 0 radical (unpaired) electrons. The molecular weight excluding hydrogens is 356 g/mol. The largest absolute Gasteiger partial charge is 0.370 e. The van der Waals surface area contributed by atoms with E-state index in [1.54, 1.807) is 6.92 Å². The van der Waals surface area contributed by atoms with Gasteiger partial charge in [0.2, 0.25) is 0 Å². The average Bonchev–Trinajstić information content (AvgIpc) is 3.23. The molecule has 0 saturated carbocycles. The predicted octanol–water partition coefficient (Wildman–Crippen LogP) is 6.00. The minimum atomic E-state index is 0.117. The van der Waals surface area contributed by atoms with Crippen LogP contribution in [0.5, 0.6) is 0 Å². The number of nitrogens with zero attached hydrogens (tertiary/aromatic N) is 1. The highest BCUT2D eigenvalue weighted by molar-refractivity contribution is 5.94. The van der Waals surface area contributed by atoms with Gasteiger partial charge in [0.1, 0.15) is 0 Å². The lowest BCUT2D eigenvalue weighted by molar-refractivity contribution is 0.101. The molecule has 1 aliphatic rings. The van der Waals surface area contributed by atoms with Gasteiger partial charge in [0.05, 0.1) is 0 Å². The molecule has 0 spiro atoms. The van der Waals surface area contributed by atoms with Crippen LogP contribution in [0.1, 0.15) is 56.1 Å². The Kier molecular flexibility index (Phi) is 7.05. The fourth-order valence-electron chi connectivity index (χ4n) is 4.11. The minimum Gasteiger partial charge on any atom is -0.370 e. The van der Waals surface area contributed by atoms with Crippen molar-refractivity contribution in [1.82, 2.24) is 5.32 Å². The molecule has 3 aromatic rings. The number of benzene rings is 3. The first kappa shape index (κ1) is 21.1. The van der Waals surface area contributed by atoms with Crippen molar-refractivity contribution >= 4 is 22.2 Å². The molecule has 3 heteroatoms. The number of ketones is 1. The molecule has 0 unspecified atom stereocenters. The highest BCUT2D eigenvalue weighted by Crippen LogP contribution is 2.26. The lowest BCUT2D eigenvalue weighted by Gasteiger charge is -2.23. The molecule has 0 aliphatic carbocycles. The molecular formula is C26H32N2O. The van der Waals surface area contributed by atoms with E-state index in [-0.39, 0.29) is 5.78 Å². The number of hydrogen-bond donors (Lipinski definition) is 1. The number of Topliss-reactive ketones (excluding diaryl/α,β-unsaturated/α-hetero) is 1. The molecule has 1 heterocycles. The molecule has 0 aromatic heterocycles. The summed E-state index contributed by atoms with van der Waals surface area (Å²) in [5.74, 6) is 0.117. The zero-order chi connectivity index (χ0) is 20.8. The van der Waals surface area contributed by atoms with Crippen molar-refractivity contribution in [1.29, 1.82) is 0 Å². The van der Waals surface area contributed by atoms with E-state index in [0.717, 1.165) is 25.1 Å². The fraction of sp³-hybridized carbons (Fsp3) is 0.346. The summed E-state index contributed by atoms with van der Waals surface area (Å²) in [6.07, 6.45) is 1.13. The summed E-state index contributed by atoms with van der Waals surface area (Å²) in [6, 6.07) is 23.9. The Hall–Kier alpha value is -2.65. The standard InChI is InChI=1S/C24H26N2O.C2H6/c1-17(23-9-5-7-20-6-3-4-8-24(20)23)25-21-14-15-26(16-21)22-12-10-19(11-13-22)18(2)27;1-2/h3-13,17,21,25H,14-16H2,1-2H3;1-2H3/t17-,21+;/m1./s1. The van der Waals surface area contributed by atoms with Crippen LogP contribution < -0.4 is 10.2 Å². The molecule has 1 saturated heterocycles. The van der Waals surface area contributed by atoms with Gasteiger partial charge in [-0.15, -0.1) is 0 Å². The molecule has 4 rings (SSSR count). The van der Waals surface area contributed by atoms with Crippen molar-refractivity contribution in [3.8, 4) is 0 Å². The van der Waals surface area contributed by atoms with E-state index in [1.165, 1.54) is 22.0 Å². The van der Waals surface area contributed by atoms with Gasteiger partial charge in [-0.25, -0.2) is 0 Å². The third kappa shape index (κ3) is 4.86. The lowest BCUT2D eigenvalue weighted by atomic mass is 9.99. The van der Waals surface area contributed by atoms with E-state index in [0.29, 0.717) is 12.1 Å². The molecule has 2 atom stereocenters. The van der Waals surface area contributed by atoms with Crippen LogP contribution in [-0.2, 0) is 0 Å². The van der Waals surface area contributed by atoms with Gasteiger partial charge >= 0.3 is 0 Å². The molecule has 1 aliphatic heterocycles. The average molecular weight is 389 g/mol. The van der Waals surface area contributed by atoms with Crippen LogP contribution in [-0.4, -0.2) is 24.9 Å². The zero-order valence-corrected chi connectivity index (χ0v) is 18.0. The Morgan fingerprint density at radius 2 is 1.69 bits per heavy atom. The fourth-order valence-corrected chi connectivity index (χ4v) is 4.11. The van der Waals surface area contributed by atoms with Crippen LogP contribution in [0.4, 0.5) is 5.69 Å². The Morgan fingerprint density at radius 3 is 2.41 bits per heavy atom. The summed E-state index contributed by atoms with van der Waals surface area (Å²) in [4.78, 5) is 13.9. The maximum atomic E-state index is 11.5. The van der Waals surface area contributed by atoms with Crippen LogP contribution in [0.15, 0.2) is 66.7 Å². The predicted molar refractivity (Wildman–Crippen MR) is 124 cm³/mol. The number of hydrogen-bond acceptors (Lipinski definition) is 3. The molecule has 3 nitrogen and oxygen atoms in total. The molecule has 0 amide bonds. The summed E-state index contributed by atoms with van der Waals surface area (Å²) in [5.41, 5.74) is 3.33. The van der Waals surface area contributed by atoms with Gasteiger partial charge in [0.15, 0.2) is 5.78 Å². The zero-order valence-electron chi connectivity index (χ0n) is 18.0. The summed E-state index contributed by atoms with van der Waals surface area (Å²) in [5, 5.41) is 6.44. The molecule has 1 N–H and O–H groups in total. The summed E-state index contributed by atoms with van der Waals surface area (Å²) in [6.45, 7) is 9.90. The van der Waals surface area contributed by atoms with Crippen LogP contribution >= 0.6 is 0 Å². The normalized spacial score (nSPS) is 17.0. The minimum absolute atomic E-state index is 0.117. The third-order valence-electron chi connectivity index (χ3n) is 5.60. The second-order valence-electron chi connectivity index (χ2n) is 7.49. The second-order valence-corrected chi connectivity index (χ2v) is 7.49. The maximum absolute atomic E-state index is 11.5. The number of carbonyl (C=O) groups excluding carboxylic acids is 1. The Labute approximate surface area is 174 Å². The first-order valence-electron chi connectivity index (χ1n) is 10.7. The SMILES string of the molecule is CC.CC(=O)c1ccc(N2CC[C@H](N[C@H](C)c3cccc4ccccc34)C2)cc1. The monoisotopic (exact) mass is 388 g/mol. The van der Waals surface area contributed by atoms with Crippen LogP contribution in [0.3, 0.4) is 0 Å². The Balaban J connectivity index is 0.00000117. The molecule has 29 heavy (non-hydrogen) atoms. The first-order valence-corrected chi connectivity index (χ1v) is 10.7. The quantitative estimate of drug-likeness (QED) is 0.544. The number of carbonyl (C=O) groups is 1. The van der Waals surface area contributed by atoms with Crippen molar-refractivity contribution in [2.75, 3.05) is 18.0 Å². The van der Waals surface area contributed by atoms with Crippen molar-refractivity contribution < 1.29 is 4.79 Å². The van der Waals surface area contributed by atoms with Gasteiger partial charge in [0.25, 0.3) is 0 Å². The van der Waals surface area contributed by atoms with Crippen molar-refractivity contribution in [2.24, 2.45) is 0 Å². The highest BCUT2D eigenvalue weighted by Gasteiger charge is 2.24. The topological polar surface area (TPSA) is 32.3 Å². The summed E-state index contributed by atoms with van der Waals surface area (Å²) < 4.78 is 0. The van der Waals surface area contributed by atoms with Crippen LogP contribution in [0, 0.1) is 0 Å². The number of anilines is 1. The van der Waals surface area contributed by atoms with Crippen LogP contribution in [0.2, 0.25) is 0 Å². The van der Waals surface area contributed by atoms with Gasteiger partial charge in [0, 0.05) is 36.4 Å². The molecule has 0 bridgehead atoms. The lowest BCUT2D eigenvalue weighted by Crippen LogP contribution is -2.34. The van der Waals surface area contributed by atoms with Gasteiger partial charge < -0.3 is 10.2 Å². The van der Waals surface area contributed by atoms with Gasteiger partial charge in [-0.05, 0) is 60.9 Å². The molecule has 1 fully saturated rings. The smallest absolute Gasteiger partial charge is 0.159 e. The molecule has 3 aromatic carbocycles. The van der Waals surface area contributed by atoms with E-state index in [9.17, 15) is 4.79 Å². The van der Waals surface area contributed by atoms with Gasteiger partial charge in [-0.1, -0.05) is 56.3 Å². The number of nitrogens with one attached hydrogen (secondary N) is 1. The number of rotatable bonds is 5. The van der Waals surface area contributed by atoms with E-state index < -0.39 is 0 Å². The van der Waals surface area contributed by atoms with E-state index in [4.69, 9.17) is 0 Å². The Morgan fingerprint density at radius 1 is 1.00 bits per heavy atom. The van der Waals surface area contributed by atoms with Crippen molar-refractivity contribution in [3.63, 3.8) is 0 Å². The van der Waals surface area contributed by atoms with E-state index in [2.05, 4.69) is 71.7 Å². The van der Waals surface area contributed by atoms with E-state index >= 15 is 0 Å². The second kappa shape index (κ2) is 9.71. The van der Waals surface area contributed by atoms with Crippen molar-refractivity contribution in [3.05, 3.63) is 77.9 Å². The van der Waals surface area contributed by atoms with Crippen LogP contribution in [0.25, 0.3) is 10.8 Å². The highest BCUT2D eigenvalue weighted by atomic mass is 16.1. The first-order chi connectivity index (χ1) is 14.1. The third-order valence-corrected chi connectivity index (χ3v) is 5.60. The number of fused-ring (bicyclic) bond motifs is 1. The summed E-state index contributed by atoms with van der Waals surface area (Å²) >= 11 is 0. The Bertz CT molecular complexity index is 943. The summed E-state index contributed by atoms with van der Waals surface area (Å²) in [7, 11) is 0. The maximum Gasteiger partial charge on any atom is 0.159 e. The van der Waals surface area contributed by atoms with E-state index in [1.807, 2.05) is 26.0 Å². The van der Waals surface area contributed by atoms with Gasteiger partial charge in [-0.3, -0.25) is 4.79 Å². The molecule has 152 valence electrons. The van der Waals surface area contributed by atoms with Gasteiger partial charge in [-0.2, -0.15) is 0 Å². The van der Waals surface area contributed by atoms with Crippen molar-refractivity contribution in [2.45, 2.75) is 46.2 Å².